The molecule has 1 aromatic carbocycles. The van der Waals surface area contributed by atoms with E-state index < -0.39 is 0 Å². The van der Waals surface area contributed by atoms with Crippen molar-refractivity contribution in [3.63, 3.8) is 0 Å². The first-order valence-corrected chi connectivity index (χ1v) is 10.1. The number of rotatable bonds is 3. The topological polar surface area (TPSA) is 41.6 Å². The Kier molecular flexibility index (Phi) is 4.16. The molecule has 1 N–H and O–H groups in total. The molecule has 27 heavy (non-hydrogen) atoms. The van der Waals surface area contributed by atoms with Gasteiger partial charge in [-0.25, -0.2) is 0 Å². The van der Waals surface area contributed by atoms with Crippen LogP contribution in [0.2, 0.25) is 0 Å². The predicted octanol–water partition coefficient (Wildman–Crippen LogP) is 5.56. The minimum atomic E-state index is 0.0801. The summed E-state index contributed by atoms with van der Waals surface area (Å²) in [5, 5.41) is 8.04. The molecule has 0 spiro atoms. The summed E-state index contributed by atoms with van der Waals surface area (Å²) in [6.45, 7) is 0. The van der Waals surface area contributed by atoms with Crippen molar-refractivity contribution in [2.75, 3.05) is 0 Å². The summed E-state index contributed by atoms with van der Waals surface area (Å²) >= 11 is 0. The van der Waals surface area contributed by atoms with E-state index in [1.54, 1.807) is 0 Å². The van der Waals surface area contributed by atoms with Crippen LogP contribution in [0.5, 0.6) is 0 Å². The van der Waals surface area contributed by atoms with Crippen LogP contribution in [0.1, 0.15) is 48.9 Å². The molecule has 2 aromatic heterocycles. The molecular weight excluding hydrogens is 330 g/mol. The molecule has 0 amide bonds. The summed E-state index contributed by atoms with van der Waals surface area (Å²) in [6.07, 6.45) is 16.2. The maximum Gasteiger partial charge on any atom is 0.0996 e. The largest absolute Gasteiger partial charge is 0.281 e. The highest BCUT2D eigenvalue weighted by molar-refractivity contribution is 5.75. The smallest absolute Gasteiger partial charge is 0.0996 e. The maximum atomic E-state index is 4.67. The summed E-state index contributed by atoms with van der Waals surface area (Å²) in [5.74, 6) is 0.700. The summed E-state index contributed by atoms with van der Waals surface area (Å²) in [4.78, 5) is 4.14. The second-order valence-electron chi connectivity index (χ2n) is 7.95. The van der Waals surface area contributed by atoms with Crippen molar-refractivity contribution in [1.82, 2.24) is 15.2 Å². The quantitative estimate of drug-likeness (QED) is 0.668. The summed E-state index contributed by atoms with van der Waals surface area (Å²) in [7, 11) is 0. The first-order valence-electron chi connectivity index (χ1n) is 10.1. The number of nitrogens with one attached hydrogen (secondary N) is 1. The highest BCUT2D eigenvalue weighted by Crippen LogP contribution is 2.47. The summed E-state index contributed by atoms with van der Waals surface area (Å²) < 4.78 is 0. The monoisotopic (exact) mass is 355 g/mol. The Morgan fingerprint density at radius 2 is 1.70 bits per heavy atom. The first kappa shape index (κ1) is 16.5. The first-order chi connectivity index (χ1) is 13.4. The normalized spacial score (nSPS) is 22.5. The average molecular weight is 355 g/mol. The molecule has 2 aliphatic carbocycles. The minimum absolute atomic E-state index is 0.0801. The summed E-state index contributed by atoms with van der Waals surface area (Å²) in [5.41, 5.74) is 6.18. The van der Waals surface area contributed by atoms with Crippen molar-refractivity contribution in [3.8, 4) is 11.3 Å². The molecular formula is C24H25N3. The van der Waals surface area contributed by atoms with Gasteiger partial charge in [0.2, 0.25) is 0 Å². The number of hydrogen-bond donors (Lipinski definition) is 1. The highest BCUT2D eigenvalue weighted by atomic mass is 15.1. The van der Waals surface area contributed by atoms with Crippen LogP contribution < -0.4 is 0 Å². The van der Waals surface area contributed by atoms with E-state index in [0.29, 0.717) is 5.92 Å². The lowest BCUT2D eigenvalue weighted by Gasteiger charge is -2.43. The third-order valence-corrected chi connectivity index (χ3v) is 6.50. The number of hydrogen-bond acceptors (Lipinski definition) is 2. The molecule has 5 rings (SSSR count). The molecule has 3 heteroatoms. The Morgan fingerprint density at radius 3 is 2.48 bits per heavy atom. The Balaban J connectivity index is 1.59. The van der Waals surface area contributed by atoms with Crippen molar-refractivity contribution in [1.29, 1.82) is 0 Å². The number of aromatic amines is 1. The highest BCUT2D eigenvalue weighted by Gasteiger charge is 2.41. The van der Waals surface area contributed by atoms with Crippen molar-refractivity contribution in [3.05, 3.63) is 77.8 Å². The van der Waals surface area contributed by atoms with Crippen LogP contribution in [0.3, 0.4) is 0 Å². The summed E-state index contributed by atoms with van der Waals surface area (Å²) in [6, 6.07) is 15.2. The Labute approximate surface area is 160 Å². The zero-order valence-electron chi connectivity index (χ0n) is 15.6. The number of H-pyrrole nitrogens is 1. The van der Waals surface area contributed by atoms with Crippen molar-refractivity contribution in [2.24, 2.45) is 5.92 Å². The average Bonchev–Trinajstić information content (AvgIpc) is 3.18. The van der Waals surface area contributed by atoms with E-state index in [2.05, 4.69) is 57.7 Å². The van der Waals surface area contributed by atoms with Gasteiger partial charge in [0, 0.05) is 41.1 Å². The fraction of sp³-hybridized carbons (Fsp3) is 0.333. The van der Waals surface area contributed by atoms with E-state index in [9.17, 15) is 0 Å². The fourth-order valence-electron chi connectivity index (χ4n) is 5.09. The van der Waals surface area contributed by atoms with Crippen molar-refractivity contribution >= 4 is 6.08 Å². The molecule has 3 aromatic rings. The zero-order valence-corrected chi connectivity index (χ0v) is 15.6. The molecule has 1 atom stereocenters. The van der Waals surface area contributed by atoms with Crippen LogP contribution in [0, 0.1) is 5.92 Å². The Bertz CT molecular complexity index is 936. The number of allylic oxidation sites excluding steroid dienone is 1. The van der Waals surface area contributed by atoms with Gasteiger partial charge in [0.25, 0.3) is 0 Å². The molecule has 2 aliphatic rings. The van der Waals surface area contributed by atoms with Gasteiger partial charge < -0.3 is 0 Å². The predicted molar refractivity (Wildman–Crippen MR) is 109 cm³/mol. The van der Waals surface area contributed by atoms with Gasteiger partial charge in [-0.05, 0) is 36.5 Å². The second kappa shape index (κ2) is 6.80. The zero-order chi connectivity index (χ0) is 18.1. The van der Waals surface area contributed by atoms with Crippen LogP contribution in [0.4, 0.5) is 0 Å². The van der Waals surface area contributed by atoms with Gasteiger partial charge in [0.15, 0.2) is 0 Å². The molecule has 1 saturated carbocycles. The molecule has 1 fully saturated rings. The van der Waals surface area contributed by atoms with E-state index in [1.807, 2.05) is 24.5 Å². The number of pyridine rings is 1. The van der Waals surface area contributed by atoms with E-state index in [4.69, 9.17) is 0 Å². The molecule has 1 unspecified atom stereocenters. The third kappa shape index (κ3) is 2.82. The number of nitrogens with zero attached hydrogens (tertiary/aromatic N) is 2. The van der Waals surface area contributed by atoms with Gasteiger partial charge in [-0.1, -0.05) is 61.7 Å². The molecule has 2 heterocycles. The third-order valence-electron chi connectivity index (χ3n) is 6.50. The second-order valence-corrected chi connectivity index (χ2v) is 7.95. The number of benzene rings is 1. The van der Waals surface area contributed by atoms with Gasteiger partial charge in [-0.3, -0.25) is 10.1 Å². The lowest BCUT2D eigenvalue weighted by molar-refractivity contribution is 0.241. The minimum Gasteiger partial charge on any atom is -0.281 e. The Hall–Kier alpha value is -2.68. The molecule has 3 nitrogen and oxygen atoms in total. The van der Waals surface area contributed by atoms with E-state index in [0.717, 1.165) is 17.7 Å². The molecule has 0 bridgehead atoms. The van der Waals surface area contributed by atoms with E-state index in [1.165, 1.54) is 48.9 Å². The molecule has 0 radical (unpaired) electrons. The van der Waals surface area contributed by atoms with Crippen LogP contribution in [-0.4, -0.2) is 15.2 Å². The van der Waals surface area contributed by atoms with E-state index >= 15 is 0 Å². The SMILES string of the molecule is C1=CC(c2ccccc2)(C2CCCCC2)Cc2[nH]nc(-c3ccncc3)c21. The van der Waals surface area contributed by atoms with Crippen LogP contribution in [0.25, 0.3) is 17.3 Å². The lowest BCUT2D eigenvalue weighted by Crippen LogP contribution is -2.38. The van der Waals surface area contributed by atoms with Gasteiger partial charge in [0.1, 0.15) is 0 Å². The van der Waals surface area contributed by atoms with Crippen molar-refractivity contribution < 1.29 is 0 Å². The van der Waals surface area contributed by atoms with E-state index in [-0.39, 0.29) is 5.41 Å². The van der Waals surface area contributed by atoms with Gasteiger partial charge in [-0.2, -0.15) is 5.10 Å². The molecule has 0 aliphatic heterocycles. The number of aromatic nitrogens is 3. The number of fused-ring (bicyclic) bond motifs is 1. The molecule has 0 saturated heterocycles. The van der Waals surface area contributed by atoms with Crippen LogP contribution in [-0.2, 0) is 11.8 Å². The molecule has 136 valence electrons. The maximum absolute atomic E-state index is 4.67. The van der Waals surface area contributed by atoms with Gasteiger partial charge in [0.05, 0.1) is 5.69 Å². The fourth-order valence-corrected chi connectivity index (χ4v) is 5.09. The van der Waals surface area contributed by atoms with Crippen LogP contribution >= 0.6 is 0 Å². The standard InChI is InChI=1S/C24H25N3/c1-3-7-19(8-4-1)24(20-9-5-2-6-10-20)14-11-21-22(17-24)26-27-23(21)18-12-15-25-16-13-18/h1,3-4,7-8,11-16,20H,2,5-6,9-10,17H2,(H,26,27). The van der Waals surface area contributed by atoms with Crippen LogP contribution in [0.15, 0.2) is 60.9 Å². The van der Waals surface area contributed by atoms with Gasteiger partial charge >= 0.3 is 0 Å². The van der Waals surface area contributed by atoms with Crippen molar-refractivity contribution in [2.45, 2.75) is 43.9 Å². The lowest BCUT2D eigenvalue weighted by atomic mass is 9.61. The Morgan fingerprint density at radius 1 is 0.926 bits per heavy atom. The van der Waals surface area contributed by atoms with Gasteiger partial charge in [-0.15, -0.1) is 0 Å².